The molecule has 0 N–H and O–H groups in total. The highest BCUT2D eigenvalue weighted by molar-refractivity contribution is 7.79. The van der Waals surface area contributed by atoms with Crippen LogP contribution in [0.4, 0.5) is 0 Å². The van der Waals surface area contributed by atoms with Gasteiger partial charge in [-0.25, -0.2) is 0 Å². The van der Waals surface area contributed by atoms with E-state index >= 15 is 0 Å². The molecular weight excluding hydrogens is 242 g/mol. The summed E-state index contributed by atoms with van der Waals surface area (Å²) in [5.41, 5.74) is 4.25. The van der Waals surface area contributed by atoms with Crippen LogP contribution >= 0.6 is 12.6 Å². The minimum atomic E-state index is 0.675. The van der Waals surface area contributed by atoms with Crippen LogP contribution in [0.1, 0.15) is 18.2 Å². The monoisotopic (exact) mass is 259 g/mol. The molecule has 0 aliphatic heterocycles. The number of benzene rings is 1. The van der Waals surface area contributed by atoms with Gasteiger partial charge in [0, 0.05) is 17.0 Å². The first kappa shape index (κ1) is 13.0. The zero-order valence-electron chi connectivity index (χ0n) is 10.7. The molecule has 0 amide bonds. The molecule has 0 unspecified atom stereocenters. The summed E-state index contributed by atoms with van der Waals surface area (Å²) in [5, 5.41) is 0. The zero-order valence-corrected chi connectivity index (χ0v) is 11.6. The van der Waals surface area contributed by atoms with Crippen molar-refractivity contribution in [3.8, 4) is 17.0 Å². The van der Waals surface area contributed by atoms with Crippen LogP contribution in [-0.4, -0.2) is 11.6 Å². The second kappa shape index (κ2) is 5.91. The summed E-state index contributed by atoms with van der Waals surface area (Å²) < 4.78 is 5.50. The van der Waals surface area contributed by atoms with Crippen LogP contribution in [0.5, 0.6) is 5.75 Å². The summed E-state index contributed by atoms with van der Waals surface area (Å²) in [5.74, 6) is 1.60. The van der Waals surface area contributed by atoms with Crippen molar-refractivity contribution in [2.24, 2.45) is 0 Å². The molecule has 2 aromatic rings. The van der Waals surface area contributed by atoms with Crippen LogP contribution in [0, 0.1) is 6.92 Å². The highest BCUT2D eigenvalue weighted by atomic mass is 32.1. The smallest absolute Gasteiger partial charge is 0.119 e. The highest BCUT2D eigenvalue weighted by Gasteiger charge is 2.04. The SMILES string of the molecule is CCOc1cccc(-c2ccc(CS)c(C)n2)c1. The van der Waals surface area contributed by atoms with Crippen LogP contribution in [0.3, 0.4) is 0 Å². The minimum Gasteiger partial charge on any atom is -0.494 e. The predicted octanol–water partition coefficient (Wildman–Crippen LogP) is 3.89. The van der Waals surface area contributed by atoms with E-state index in [0.717, 1.165) is 28.5 Å². The molecule has 0 atom stereocenters. The Balaban J connectivity index is 2.36. The van der Waals surface area contributed by atoms with Crippen molar-refractivity contribution in [1.82, 2.24) is 4.98 Å². The van der Waals surface area contributed by atoms with Gasteiger partial charge in [0.15, 0.2) is 0 Å². The van der Waals surface area contributed by atoms with Crippen molar-refractivity contribution in [3.05, 3.63) is 47.7 Å². The third-order valence-electron chi connectivity index (χ3n) is 2.81. The maximum absolute atomic E-state index is 5.50. The summed E-state index contributed by atoms with van der Waals surface area (Å²) in [4.78, 5) is 4.61. The molecule has 0 radical (unpaired) electrons. The summed E-state index contributed by atoms with van der Waals surface area (Å²) >= 11 is 4.29. The molecule has 0 aliphatic rings. The third kappa shape index (κ3) is 2.85. The van der Waals surface area contributed by atoms with Gasteiger partial charge in [-0.15, -0.1) is 0 Å². The van der Waals surface area contributed by atoms with E-state index < -0.39 is 0 Å². The Morgan fingerprint density at radius 2 is 2.06 bits per heavy atom. The number of ether oxygens (including phenoxy) is 1. The number of nitrogens with zero attached hydrogens (tertiary/aromatic N) is 1. The van der Waals surface area contributed by atoms with Gasteiger partial charge in [-0.05, 0) is 37.6 Å². The number of hydrogen-bond acceptors (Lipinski definition) is 3. The quantitative estimate of drug-likeness (QED) is 0.842. The van der Waals surface area contributed by atoms with Gasteiger partial charge >= 0.3 is 0 Å². The first-order valence-corrected chi connectivity index (χ1v) is 6.68. The molecule has 1 aromatic carbocycles. The molecule has 0 bridgehead atoms. The largest absolute Gasteiger partial charge is 0.494 e. The maximum Gasteiger partial charge on any atom is 0.119 e. The van der Waals surface area contributed by atoms with Crippen molar-refractivity contribution in [1.29, 1.82) is 0 Å². The summed E-state index contributed by atoms with van der Waals surface area (Å²) in [6.07, 6.45) is 0. The normalized spacial score (nSPS) is 10.4. The lowest BCUT2D eigenvalue weighted by atomic mass is 10.1. The Kier molecular flexibility index (Phi) is 4.26. The molecule has 2 nitrogen and oxygen atoms in total. The van der Waals surface area contributed by atoms with Crippen LogP contribution < -0.4 is 4.74 Å². The summed E-state index contributed by atoms with van der Waals surface area (Å²) in [7, 11) is 0. The molecule has 3 heteroatoms. The molecule has 0 fully saturated rings. The van der Waals surface area contributed by atoms with E-state index in [1.165, 1.54) is 5.56 Å². The van der Waals surface area contributed by atoms with Gasteiger partial charge in [0.1, 0.15) is 5.75 Å². The minimum absolute atomic E-state index is 0.675. The number of hydrogen-bond donors (Lipinski definition) is 1. The van der Waals surface area contributed by atoms with E-state index in [4.69, 9.17) is 4.74 Å². The average molecular weight is 259 g/mol. The number of rotatable bonds is 4. The van der Waals surface area contributed by atoms with Crippen molar-refractivity contribution in [3.63, 3.8) is 0 Å². The Hall–Kier alpha value is -1.48. The lowest BCUT2D eigenvalue weighted by Gasteiger charge is -2.08. The number of thiol groups is 1. The van der Waals surface area contributed by atoms with Crippen molar-refractivity contribution >= 4 is 12.6 Å². The number of pyridine rings is 1. The van der Waals surface area contributed by atoms with Crippen LogP contribution in [0.15, 0.2) is 36.4 Å². The first-order chi connectivity index (χ1) is 8.74. The molecule has 0 saturated heterocycles. The molecule has 18 heavy (non-hydrogen) atoms. The van der Waals surface area contributed by atoms with Crippen LogP contribution in [0.25, 0.3) is 11.3 Å². The summed E-state index contributed by atoms with van der Waals surface area (Å²) in [6.45, 7) is 4.67. The van der Waals surface area contributed by atoms with Gasteiger partial charge < -0.3 is 4.74 Å². The van der Waals surface area contributed by atoms with Crippen LogP contribution in [0.2, 0.25) is 0 Å². The molecule has 2 rings (SSSR count). The molecular formula is C15H17NOS. The second-order valence-electron chi connectivity index (χ2n) is 4.06. The van der Waals surface area contributed by atoms with E-state index in [1.54, 1.807) is 0 Å². The van der Waals surface area contributed by atoms with E-state index in [0.29, 0.717) is 6.61 Å². The third-order valence-corrected chi connectivity index (χ3v) is 3.15. The Morgan fingerprint density at radius 3 is 2.72 bits per heavy atom. The molecule has 0 aliphatic carbocycles. The van der Waals surface area contributed by atoms with E-state index in [2.05, 4.69) is 23.7 Å². The predicted molar refractivity (Wildman–Crippen MR) is 78.3 cm³/mol. The van der Waals surface area contributed by atoms with Crippen molar-refractivity contribution in [2.45, 2.75) is 19.6 Å². The van der Waals surface area contributed by atoms with Crippen molar-refractivity contribution < 1.29 is 4.74 Å². The topological polar surface area (TPSA) is 22.1 Å². The Labute approximate surface area is 113 Å². The molecule has 0 spiro atoms. The lowest BCUT2D eigenvalue weighted by molar-refractivity contribution is 0.340. The molecule has 1 aromatic heterocycles. The van der Waals surface area contributed by atoms with Gasteiger partial charge in [0.05, 0.1) is 12.3 Å². The van der Waals surface area contributed by atoms with Gasteiger partial charge in [0.2, 0.25) is 0 Å². The van der Waals surface area contributed by atoms with E-state index in [-0.39, 0.29) is 0 Å². The Bertz CT molecular complexity index is 540. The maximum atomic E-state index is 5.50. The fourth-order valence-electron chi connectivity index (χ4n) is 1.83. The summed E-state index contributed by atoms with van der Waals surface area (Å²) in [6, 6.07) is 12.1. The van der Waals surface area contributed by atoms with E-state index in [1.807, 2.05) is 44.2 Å². The van der Waals surface area contributed by atoms with E-state index in [9.17, 15) is 0 Å². The Morgan fingerprint density at radius 1 is 1.22 bits per heavy atom. The van der Waals surface area contributed by atoms with Crippen molar-refractivity contribution in [2.75, 3.05) is 6.61 Å². The standard InChI is InChI=1S/C15H17NOS/c1-3-17-14-6-4-5-12(9-14)15-8-7-13(10-18)11(2)16-15/h4-9,18H,3,10H2,1-2H3. The van der Waals surface area contributed by atoms with Crippen LogP contribution in [-0.2, 0) is 5.75 Å². The second-order valence-corrected chi connectivity index (χ2v) is 4.38. The zero-order chi connectivity index (χ0) is 13.0. The molecule has 1 heterocycles. The fourth-order valence-corrected chi connectivity index (χ4v) is 2.16. The molecule has 0 saturated carbocycles. The lowest BCUT2D eigenvalue weighted by Crippen LogP contribution is -1.94. The van der Waals surface area contributed by atoms with Gasteiger partial charge in [-0.1, -0.05) is 18.2 Å². The fraction of sp³-hybridized carbons (Fsp3) is 0.267. The number of aryl methyl sites for hydroxylation is 1. The van der Waals surface area contributed by atoms with Gasteiger partial charge in [-0.2, -0.15) is 12.6 Å². The van der Waals surface area contributed by atoms with Gasteiger partial charge in [0.25, 0.3) is 0 Å². The molecule has 94 valence electrons. The first-order valence-electron chi connectivity index (χ1n) is 6.05. The number of aromatic nitrogens is 1. The van der Waals surface area contributed by atoms with Gasteiger partial charge in [-0.3, -0.25) is 4.98 Å². The highest BCUT2D eigenvalue weighted by Crippen LogP contribution is 2.23. The average Bonchev–Trinajstić information content (AvgIpc) is 2.39.